The first kappa shape index (κ1) is 16.0. The van der Waals surface area contributed by atoms with Crippen molar-refractivity contribution in [3.8, 4) is 0 Å². The van der Waals surface area contributed by atoms with Crippen molar-refractivity contribution in [3.05, 3.63) is 11.1 Å². The van der Waals surface area contributed by atoms with Gasteiger partial charge in [0, 0.05) is 17.8 Å². The number of hydrogen-bond donors (Lipinski definition) is 1. The zero-order valence-corrected chi connectivity index (χ0v) is 13.4. The van der Waals surface area contributed by atoms with Crippen molar-refractivity contribution in [2.45, 2.75) is 48.7 Å². The molecule has 0 saturated carbocycles. The Balaban J connectivity index is 2.04. The molecule has 0 aliphatic carbocycles. The van der Waals surface area contributed by atoms with Crippen LogP contribution in [-0.2, 0) is 20.8 Å². The highest BCUT2D eigenvalue weighted by Crippen LogP contribution is 2.34. The van der Waals surface area contributed by atoms with E-state index >= 15 is 0 Å². The van der Waals surface area contributed by atoms with Crippen molar-refractivity contribution >= 4 is 40.9 Å². The molecule has 114 valence electrons. The Hall–Kier alpha value is -1.41. The summed E-state index contributed by atoms with van der Waals surface area (Å²) in [5.74, 6) is -1.25. The molecular weight excluding hydrogens is 312 g/mol. The van der Waals surface area contributed by atoms with Crippen LogP contribution in [-0.4, -0.2) is 44.1 Å². The maximum absolute atomic E-state index is 12.3. The third kappa shape index (κ3) is 3.62. The number of aromatic nitrogens is 1. The van der Waals surface area contributed by atoms with E-state index in [2.05, 4.69) is 4.98 Å². The van der Waals surface area contributed by atoms with Crippen LogP contribution in [0.5, 0.6) is 0 Å². The van der Waals surface area contributed by atoms with Gasteiger partial charge in [0.2, 0.25) is 11.8 Å². The predicted molar refractivity (Wildman–Crippen MR) is 79.3 cm³/mol. The minimum Gasteiger partial charge on any atom is -0.481 e. The maximum atomic E-state index is 12.3. The van der Waals surface area contributed by atoms with Crippen LogP contribution in [0.2, 0.25) is 0 Å². The molecule has 2 rings (SSSR count). The van der Waals surface area contributed by atoms with Crippen molar-refractivity contribution in [2.24, 2.45) is 0 Å². The number of carbonyl (C=O) groups excluding carboxylic acids is 2. The first-order valence-electron chi connectivity index (χ1n) is 6.61. The summed E-state index contributed by atoms with van der Waals surface area (Å²) in [7, 11) is 0. The normalized spacial score (nSPS) is 20.1. The molecule has 0 bridgehead atoms. The van der Waals surface area contributed by atoms with Crippen LogP contribution in [0.1, 0.15) is 32.4 Å². The van der Waals surface area contributed by atoms with Gasteiger partial charge >= 0.3 is 5.97 Å². The van der Waals surface area contributed by atoms with E-state index in [0.717, 1.165) is 6.42 Å². The zero-order chi connectivity index (χ0) is 15.6. The van der Waals surface area contributed by atoms with Gasteiger partial charge in [-0.15, -0.1) is 11.3 Å². The van der Waals surface area contributed by atoms with E-state index in [4.69, 9.17) is 5.11 Å². The van der Waals surface area contributed by atoms with E-state index in [1.165, 1.54) is 28.0 Å². The number of carboxylic acids is 1. The van der Waals surface area contributed by atoms with Crippen molar-refractivity contribution in [2.75, 3.05) is 0 Å². The minimum atomic E-state index is -0.938. The van der Waals surface area contributed by atoms with Gasteiger partial charge in [0.1, 0.15) is 0 Å². The van der Waals surface area contributed by atoms with E-state index in [1.807, 2.05) is 13.8 Å². The fourth-order valence-electron chi connectivity index (χ4n) is 2.06. The number of hydrogen-bond acceptors (Lipinski definition) is 6. The summed E-state index contributed by atoms with van der Waals surface area (Å²) >= 11 is 2.55. The lowest BCUT2D eigenvalue weighted by atomic mass is 10.2. The van der Waals surface area contributed by atoms with Gasteiger partial charge in [-0.25, -0.2) is 4.98 Å². The summed E-state index contributed by atoms with van der Waals surface area (Å²) in [5.41, 5.74) is 0.477. The third-order valence-corrected chi connectivity index (χ3v) is 5.49. The third-order valence-electron chi connectivity index (χ3n) is 3.28. The molecule has 1 aromatic heterocycles. The Kier molecular flexibility index (Phi) is 5.00. The van der Waals surface area contributed by atoms with E-state index in [0.29, 0.717) is 10.0 Å². The molecule has 1 aromatic rings. The van der Waals surface area contributed by atoms with Crippen molar-refractivity contribution in [1.29, 1.82) is 0 Å². The Morgan fingerprint density at radius 2 is 2.33 bits per heavy atom. The van der Waals surface area contributed by atoms with E-state index in [-0.39, 0.29) is 30.7 Å². The second kappa shape index (κ2) is 6.57. The van der Waals surface area contributed by atoms with Crippen LogP contribution in [0, 0.1) is 0 Å². The number of aliphatic carboxylic acids is 1. The molecule has 1 fully saturated rings. The van der Waals surface area contributed by atoms with Crippen LogP contribution in [0.3, 0.4) is 0 Å². The highest BCUT2D eigenvalue weighted by atomic mass is 32.2. The van der Waals surface area contributed by atoms with Crippen LogP contribution < -0.4 is 0 Å². The van der Waals surface area contributed by atoms with Crippen LogP contribution >= 0.6 is 23.1 Å². The molecule has 1 aliphatic heterocycles. The topological polar surface area (TPSA) is 87.6 Å². The smallest absolute Gasteiger partial charge is 0.309 e. The monoisotopic (exact) mass is 328 g/mol. The van der Waals surface area contributed by atoms with E-state index in [9.17, 15) is 14.4 Å². The lowest BCUT2D eigenvalue weighted by Gasteiger charge is -2.21. The van der Waals surface area contributed by atoms with Crippen LogP contribution in [0.25, 0.3) is 0 Å². The molecule has 2 heterocycles. The van der Waals surface area contributed by atoms with Crippen molar-refractivity contribution < 1.29 is 19.5 Å². The largest absolute Gasteiger partial charge is 0.481 e. The summed E-state index contributed by atoms with van der Waals surface area (Å²) in [6, 6.07) is -0.0885. The van der Waals surface area contributed by atoms with Crippen LogP contribution in [0.4, 0.5) is 0 Å². The number of thioether (sulfide) groups is 1. The number of rotatable bonds is 6. The molecule has 1 saturated heterocycles. The first-order chi connectivity index (χ1) is 9.92. The SMILES string of the molecule is CCC(C)N1C(=O)CC(Sc2nc(CC(=O)O)cs2)C1=O. The van der Waals surface area contributed by atoms with Crippen molar-refractivity contribution in [3.63, 3.8) is 0 Å². The molecule has 0 spiro atoms. The van der Waals surface area contributed by atoms with Gasteiger partial charge in [0.15, 0.2) is 4.34 Å². The molecule has 1 N–H and O–H groups in total. The van der Waals surface area contributed by atoms with Gasteiger partial charge in [0.05, 0.1) is 17.4 Å². The predicted octanol–water partition coefficient (Wildman–Crippen LogP) is 1.79. The molecule has 2 amide bonds. The van der Waals surface area contributed by atoms with Crippen molar-refractivity contribution in [1.82, 2.24) is 9.88 Å². The van der Waals surface area contributed by atoms with E-state index in [1.54, 1.807) is 5.38 Å². The highest BCUT2D eigenvalue weighted by molar-refractivity contribution is 8.02. The molecule has 0 radical (unpaired) electrons. The van der Waals surface area contributed by atoms with Gasteiger partial charge in [-0.2, -0.15) is 0 Å². The van der Waals surface area contributed by atoms with Gasteiger partial charge < -0.3 is 5.11 Å². The minimum absolute atomic E-state index is 0.0885. The first-order valence-corrected chi connectivity index (χ1v) is 8.37. The Labute approximate surface area is 130 Å². The van der Waals surface area contributed by atoms with Gasteiger partial charge in [-0.05, 0) is 13.3 Å². The fraction of sp³-hybridized carbons (Fsp3) is 0.538. The van der Waals surface area contributed by atoms with Crippen LogP contribution in [0.15, 0.2) is 9.72 Å². The molecule has 1 aliphatic rings. The standard InChI is InChI=1S/C13H16N2O4S2/c1-3-7(2)15-10(16)5-9(12(15)19)21-13-14-8(6-20-13)4-11(17)18/h6-7,9H,3-5H2,1-2H3,(H,17,18). The summed E-state index contributed by atoms with van der Waals surface area (Å²) in [4.78, 5) is 40.3. The van der Waals surface area contributed by atoms with Gasteiger partial charge in [0.25, 0.3) is 0 Å². The molecule has 2 unspecified atom stereocenters. The average Bonchev–Trinajstić information content (AvgIpc) is 2.94. The molecule has 21 heavy (non-hydrogen) atoms. The Morgan fingerprint density at radius 3 is 2.95 bits per heavy atom. The number of likely N-dealkylation sites (tertiary alicyclic amines) is 1. The molecule has 0 aromatic carbocycles. The average molecular weight is 328 g/mol. The molecule has 6 nitrogen and oxygen atoms in total. The number of imide groups is 1. The summed E-state index contributed by atoms with van der Waals surface area (Å²) in [6.07, 6.45) is 0.782. The number of nitrogens with zero attached hydrogens (tertiary/aromatic N) is 2. The van der Waals surface area contributed by atoms with E-state index < -0.39 is 11.2 Å². The number of carboxylic acid groups (broad SMARTS) is 1. The quantitative estimate of drug-likeness (QED) is 0.801. The van der Waals surface area contributed by atoms with Gasteiger partial charge in [-0.3, -0.25) is 19.3 Å². The Morgan fingerprint density at radius 1 is 1.62 bits per heavy atom. The summed E-state index contributed by atoms with van der Waals surface area (Å²) < 4.78 is 0.628. The zero-order valence-electron chi connectivity index (χ0n) is 11.7. The van der Waals surface area contributed by atoms with Gasteiger partial charge in [-0.1, -0.05) is 18.7 Å². The number of carbonyl (C=O) groups is 3. The summed E-state index contributed by atoms with van der Waals surface area (Å²) in [6.45, 7) is 3.79. The second-order valence-electron chi connectivity index (χ2n) is 4.85. The summed E-state index contributed by atoms with van der Waals surface area (Å²) in [5, 5.41) is 9.93. The highest BCUT2D eigenvalue weighted by Gasteiger charge is 2.41. The number of amides is 2. The Bertz CT molecular complexity index is 572. The molecule has 2 atom stereocenters. The fourth-order valence-corrected chi connectivity index (χ4v) is 4.17. The second-order valence-corrected chi connectivity index (χ2v) is 7.15. The molecule has 8 heteroatoms. The lowest BCUT2D eigenvalue weighted by molar-refractivity contribution is -0.141. The number of thiazole rings is 1. The molecular formula is C13H16N2O4S2. The maximum Gasteiger partial charge on any atom is 0.309 e. The lowest BCUT2D eigenvalue weighted by Crippen LogP contribution is -2.38.